The third kappa shape index (κ3) is 7.05. The molecule has 0 aromatic rings. The maximum absolute atomic E-state index is 6.20. The van der Waals surface area contributed by atoms with Gasteiger partial charge >= 0.3 is 0 Å². The average Bonchev–Trinajstić information content (AvgIpc) is 2.26. The van der Waals surface area contributed by atoms with Crippen molar-refractivity contribution in [1.29, 1.82) is 0 Å². The molecule has 0 spiro atoms. The highest BCUT2D eigenvalue weighted by molar-refractivity contribution is 6.70. The molecule has 0 aromatic heterocycles. The lowest BCUT2D eigenvalue weighted by atomic mass is 10.0. The first kappa shape index (κ1) is 15.6. The van der Waals surface area contributed by atoms with Gasteiger partial charge in [0.2, 0.25) is 8.32 Å². The Balaban J connectivity index is 2.63. The Morgan fingerprint density at radius 2 is 1.50 bits per heavy atom. The minimum atomic E-state index is -1.51. The molecule has 0 atom stereocenters. The highest BCUT2D eigenvalue weighted by atomic mass is 28.4. The van der Waals surface area contributed by atoms with Crippen molar-refractivity contribution >= 4 is 8.32 Å². The Morgan fingerprint density at radius 3 is 2.11 bits per heavy atom. The molecule has 1 aliphatic carbocycles. The summed E-state index contributed by atoms with van der Waals surface area (Å²) in [6.45, 7) is 11.0. The fourth-order valence-corrected chi connectivity index (χ4v) is 3.20. The predicted octanol–water partition coefficient (Wildman–Crippen LogP) is 5.80. The van der Waals surface area contributed by atoms with Gasteiger partial charge in [0.05, 0.1) is 0 Å². The largest absolute Gasteiger partial charge is 0.544 e. The predicted molar refractivity (Wildman–Crippen MR) is 83.2 cm³/mol. The van der Waals surface area contributed by atoms with E-state index in [4.69, 9.17) is 4.43 Å². The number of rotatable bonds is 2. The van der Waals surface area contributed by atoms with E-state index in [1.165, 1.54) is 50.5 Å². The quantitative estimate of drug-likeness (QED) is 0.574. The van der Waals surface area contributed by atoms with E-state index in [1.54, 1.807) is 0 Å². The molecule has 0 bridgehead atoms. The molecule has 0 saturated carbocycles. The van der Waals surface area contributed by atoms with Crippen molar-refractivity contribution in [3.63, 3.8) is 0 Å². The van der Waals surface area contributed by atoms with Gasteiger partial charge in [0, 0.05) is 0 Å². The van der Waals surface area contributed by atoms with Crippen LogP contribution in [0.3, 0.4) is 0 Å². The van der Waals surface area contributed by atoms with Crippen LogP contribution in [0, 0.1) is 0 Å². The van der Waals surface area contributed by atoms with Crippen LogP contribution in [0.15, 0.2) is 24.0 Å². The van der Waals surface area contributed by atoms with Gasteiger partial charge in [-0.3, -0.25) is 0 Å². The zero-order valence-corrected chi connectivity index (χ0v) is 13.6. The van der Waals surface area contributed by atoms with Crippen LogP contribution >= 0.6 is 0 Å². The molecule has 0 heterocycles. The summed E-state index contributed by atoms with van der Waals surface area (Å²) in [5, 5.41) is 0. The van der Waals surface area contributed by atoms with E-state index in [-0.39, 0.29) is 0 Å². The van der Waals surface area contributed by atoms with Crippen LogP contribution in [-0.2, 0) is 4.43 Å². The first-order chi connectivity index (χ1) is 8.49. The lowest BCUT2D eigenvalue weighted by Crippen LogP contribution is -2.25. The molecule has 0 amide bonds. The maximum atomic E-state index is 6.20. The number of hydrogen-bond donors (Lipinski definition) is 0. The van der Waals surface area contributed by atoms with E-state index in [0.29, 0.717) is 0 Å². The van der Waals surface area contributed by atoms with Gasteiger partial charge in [-0.05, 0) is 57.0 Å². The van der Waals surface area contributed by atoms with Gasteiger partial charge in [0.15, 0.2) is 0 Å². The second-order valence-electron chi connectivity index (χ2n) is 6.40. The molecule has 1 nitrogen and oxygen atoms in total. The smallest absolute Gasteiger partial charge is 0.242 e. The Labute approximate surface area is 114 Å². The topological polar surface area (TPSA) is 9.23 Å². The van der Waals surface area contributed by atoms with Gasteiger partial charge in [-0.25, -0.2) is 0 Å². The fourth-order valence-electron chi connectivity index (χ4n) is 2.31. The molecule has 0 N–H and O–H groups in total. The summed E-state index contributed by atoms with van der Waals surface area (Å²) in [5.74, 6) is 1.11. The molecule has 0 unspecified atom stereocenters. The van der Waals surface area contributed by atoms with Gasteiger partial charge in [0.25, 0.3) is 0 Å². The molecule has 0 saturated heterocycles. The van der Waals surface area contributed by atoms with Crippen molar-refractivity contribution in [3.05, 3.63) is 24.0 Å². The maximum Gasteiger partial charge on any atom is 0.242 e. The zero-order valence-electron chi connectivity index (χ0n) is 12.6. The monoisotopic (exact) mass is 266 g/mol. The Hall–Kier alpha value is -0.503. The standard InChI is InChI=1S/C16H30OSi/c1-15-13-11-9-7-5-6-8-10-12-14-16(15)17-18(2,3)4/h14H,1,5-13H2,2-4H3/b16-14+. The zero-order chi connectivity index (χ0) is 13.4. The van der Waals surface area contributed by atoms with E-state index in [0.717, 1.165) is 18.6 Å². The molecule has 0 radical (unpaired) electrons. The lowest BCUT2D eigenvalue weighted by molar-refractivity contribution is 0.422. The molecule has 0 aromatic carbocycles. The minimum Gasteiger partial charge on any atom is -0.544 e. The first-order valence-corrected chi connectivity index (χ1v) is 11.0. The molecule has 1 aliphatic rings. The van der Waals surface area contributed by atoms with Crippen LogP contribution < -0.4 is 0 Å². The number of allylic oxidation sites excluding steroid dienone is 2. The lowest BCUT2D eigenvalue weighted by Gasteiger charge is -2.23. The summed E-state index contributed by atoms with van der Waals surface area (Å²) >= 11 is 0. The van der Waals surface area contributed by atoms with Gasteiger partial charge < -0.3 is 4.43 Å². The average molecular weight is 267 g/mol. The van der Waals surface area contributed by atoms with E-state index in [1.807, 2.05) is 0 Å². The summed E-state index contributed by atoms with van der Waals surface area (Å²) in [5.41, 5.74) is 1.22. The summed E-state index contributed by atoms with van der Waals surface area (Å²) in [6, 6.07) is 0. The van der Waals surface area contributed by atoms with Crippen LogP contribution in [0.4, 0.5) is 0 Å². The summed E-state index contributed by atoms with van der Waals surface area (Å²) in [4.78, 5) is 0. The van der Waals surface area contributed by atoms with Crippen molar-refractivity contribution in [2.24, 2.45) is 0 Å². The highest BCUT2D eigenvalue weighted by Crippen LogP contribution is 2.24. The molecule has 18 heavy (non-hydrogen) atoms. The second-order valence-corrected chi connectivity index (χ2v) is 10.8. The van der Waals surface area contributed by atoms with Crippen LogP contribution in [0.25, 0.3) is 0 Å². The third-order valence-electron chi connectivity index (χ3n) is 3.28. The normalized spacial score (nSPS) is 23.5. The van der Waals surface area contributed by atoms with E-state index < -0.39 is 8.32 Å². The third-order valence-corrected chi connectivity index (χ3v) is 4.11. The molecule has 0 fully saturated rings. The van der Waals surface area contributed by atoms with Crippen molar-refractivity contribution < 1.29 is 4.43 Å². The second kappa shape index (κ2) is 7.83. The van der Waals surface area contributed by atoms with Crippen LogP contribution in [-0.4, -0.2) is 8.32 Å². The van der Waals surface area contributed by atoms with Gasteiger partial charge in [-0.15, -0.1) is 0 Å². The van der Waals surface area contributed by atoms with Crippen LogP contribution in [0.1, 0.15) is 57.8 Å². The highest BCUT2D eigenvalue weighted by Gasteiger charge is 2.18. The van der Waals surface area contributed by atoms with Gasteiger partial charge in [0.1, 0.15) is 5.76 Å². The van der Waals surface area contributed by atoms with E-state index in [9.17, 15) is 0 Å². The Kier molecular flexibility index (Phi) is 6.76. The minimum absolute atomic E-state index is 1.11. The van der Waals surface area contributed by atoms with E-state index in [2.05, 4.69) is 32.3 Å². The molecule has 0 aliphatic heterocycles. The fraction of sp³-hybridized carbons (Fsp3) is 0.750. The summed E-state index contributed by atoms with van der Waals surface area (Å²) < 4.78 is 6.20. The summed E-state index contributed by atoms with van der Waals surface area (Å²) in [7, 11) is -1.51. The first-order valence-electron chi connectivity index (χ1n) is 7.56. The Bertz CT molecular complexity index is 286. The molecular formula is C16H30OSi. The SMILES string of the molecule is C=C1CCCCCCCCC/C=C\1O[Si](C)(C)C. The molecule has 1 rings (SSSR count). The van der Waals surface area contributed by atoms with Crippen molar-refractivity contribution in [2.75, 3.05) is 0 Å². The molecular weight excluding hydrogens is 236 g/mol. The van der Waals surface area contributed by atoms with Crippen LogP contribution in [0.2, 0.25) is 19.6 Å². The Morgan fingerprint density at radius 1 is 0.944 bits per heavy atom. The van der Waals surface area contributed by atoms with Crippen molar-refractivity contribution in [1.82, 2.24) is 0 Å². The molecule has 104 valence electrons. The van der Waals surface area contributed by atoms with Crippen molar-refractivity contribution in [2.45, 2.75) is 77.4 Å². The number of hydrogen-bond acceptors (Lipinski definition) is 1. The van der Waals surface area contributed by atoms with Crippen molar-refractivity contribution in [3.8, 4) is 0 Å². The van der Waals surface area contributed by atoms with Gasteiger partial charge in [-0.1, -0.05) is 38.7 Å². The summed E-state index contributed by atoms with van der Waals surface area (Å²) in [6.07, 6.45) is 14.0. The molecule has 2 heteroatoms. The van der Waals surface area contributed by atoms with Gasteiger partial charge in [-0.2, -0.15) is 0 Å². The van der Waals surface area contributed by atoms with Crippen LogP contribution in [0.5, 0.6) is 0 Å². The van der Waals surface area contributed by atoms with E-state index >= 15 is 0 Å².